The van der Waals surface area contributed by atoms with Crippen molar-refractivity contribution in [3.8, 4) is 0 Å². The second-order valence-corrected chi connectivity index (χ2v) is 4.62. The van der Waals surface area contributed by atoms with Crippen molar-refractivity contribution in [2.45, 2.75) is 18.9 Å². The number of urea groups is 1. The first-order valence-corrected chi connectivity index (χ1v) is 6.53. The van der Waals surface area contributed by atoms with Gasteiger partial charge >= 0.3 is 12.0 Å². The number of aliphatic hydroxyl groups excluding tert-OH is 1. The van der Waals surface area contributed by atoms with Crippen LogP contribution in [0.1, 0.15) is 12.0 Å². The van der Waals surface area contributed by atoms with Crippen LogP contribution >= 0.6 is 11.6 Å². The van der Waals surface area contributed by atoms with E-state index in [1.807, 2.05) is 12.1 Å². The van der Waals surface area contributed by atoms with E-state index in [2.05, 4.69) is 10.6 Å². The first-order valence-electron chi connectivity index (χ1n) is 6.15. The summed E-state index contributed by atoms with van der Waals surface area (Å²) in [7, 11) is 0. The molecule has 0 fully saturated rings. The zero-order chi connectivity index (χ0) is 15.0. The van der Waals surface area contributed by atoms with Crippen LogP contribution in [0.15, 0.2) is 24.3 Å². The van der Waals surface area contributed by atoms with Gasteiger partial charge in [-0.15, -0.1) is 0 Å². The predicted molar refractivity (Wildman–Crippen MR) is 74.8 cm³/mol. The highest BCUT2D eigenvalue weighted by Crippen LogP contribution is 2.09. The molecule has 0 saturated heterocycles. The zero-order valence-electron chi connectivity index (χ0n) is 10.8. The SMILES string of the molecule is O=C(NCCc1ccc(Cl)cc1)NC(CCO)C(=O)O. The lowest BCUT2D eigenvalue weighted by Crippen LogP contribution is -2.46. The Hall–Kier alpha value is -1.79. The van der Waals surface area contributed by atoms with Crippen molar-refractivity contribution in [3.63, 3.8) is 0 Å². The molecular weight excluding hydrogens is 284 g/mol. The number of carbonyl (C=O) groups excluding carboxylic acids is 1. The molecule has 0 spiro atoms. The van der Waals surface area contributed by atoms with Gasteiger partial charge in [-0.1, -0.05) is 23.7 Å². The van der Waals surface area contributed by atoms with Gasteiger partial charge in [-0.2, -0.15) is 0 Å². The van der Waals surface area contributed by atoms with Gasteiger partial charge in [0.25, 0.3) is 0 Å². The van der Waals surface area contributed by atoms with Gasteiger partial charge in [0, 0.05) is 24.6 Å². The number of amides is 2. The normalized spacial score (nSPS) is 11.7. The Morgan fingerprint density at radius 3 is 2.45 bits per heavy atom. The molecule has 0 aromatic heterocycles. The second kappa shape index (κ2) is 8.39. The highest BCUT2D eigenvalue weighted by Gasteiger charge is 2.18. The molecule has 1 rings (SSSR count). The van der Waals surface area contributed by atoms with Crippen LogP contribution in [0.5, 0.6) is 0 Å². The summed E-state index contributed by atoms with van der Waals surface area (Å²) in [6.45, 7) is 0.0704. The van der Waals surface area contributed by atoms with Gasteiger partial charge in [-0.05, 0) is 24.1 Å². The molecule has 2 amide bonds. The number of hydrogen-bond acceptors (Lipinski definition) is 3. The number of nitrogens with one attached hydrogen (secondary N) is 2. The summed E-state index contributed by atoms with van der Waals surface area (Å²) < 4.78 is 0. The molecular formula is C13H17ClN2O4. The van der Waals surface area contributed by atoms with Crippen molar-refractivity contribution in [1.82, 2.24) is 10.6 Å². The van der Waals surface area contributed by atoms with Gasteiger partial charge in [0.15, 0.2) is 0 Å². The van der Waals surface area contributed by atoms with Crippen LogP contribution in [0.2, 0.25) is 5.02 Å². The van der Waals surface area contributed by atoms with E-state index in [-0.39, 0.29) is 13.0 Å². The summed E-state index contributed by atoms with van der Waals surface area (Å²) in [5.41, 5.74) is 1.01. The maximum absolute atomic E-state index is 11.5. The average Bonchev–Trinajstić information content (AvgIpc) is 2.40. The molecule has 0 aliphatic rings. The summed E-state index contributed by atoms with van der Waals surface area (Å²) in [4.78, 5) is 22.3. The molecule has 1 unspecified atom stereocenters. The molecule has 7 heteroatoms. The van der Waals surface area contributed by atoms with E-state index in [9.17, 15) is 9.59 Å². The lowest BCUT2D eigenvalue weighted by atomic mass is 10.1. The number of carboxylic acids is 1. The molecule has 0 heterocycles. The Labute approximate surface area is 121 Å². The van der Waals surface area contributed by atoms with Gasteiger partial charge in [-0.3, -0.25) is 0 Å². The number of aliphatic carboxylic acids is 1. The van der Waals surface area contributed by atoms with Crippen molar-refractivity contribution in [2.24, 2.45) is 0 Å². The number of rotatable bonds is 7. The third kappa shape index (κ3) is 5.90. The van der Waals surface area contributed by atoms with E-state index in [0.29, 0.717) is 18.0 Å². The fraction of sp³-hybridized carbons (Fsp3) is 0.385. The van der Waals surface area contributed by atoms with E-state index in [4.69, 9.17) is 21.8 Å². The molecule has 1 aromatic rings. The van der Waals surface area contributed by atoms with Crippen LogP contribution in [-0.4, -0.2) is 41.4 Å². The van der Waals surface area contributed by atoms with Crippen LogP contribution in [-0.2, 0) is 11.2 Å². The zero-order valence-corrected chi connectivity index (χ0v) is 11.6. The number of carboxylic acid groups (broad SMARTS) is 1. The average molecular weight is 301 g/mol. The highest BCUT2D eigenvalue weighted by atomic mass is 35.5. The minimum atomic E-state index is -1.17. The van der Waals surface area contributed by atoms with Crippen LogP contribution in [0.3, 0.4) is 0 Å². The number of hydrogen-bond donors (Lipinski definition) is 4. The Morgan fingerprint density at radius 2 is 1.90 bits per heavy atom. The summed E-state index contributed by atoms with van der Waals surface area (Å²) in [6.07, 6.45) is 0.586. The summed E-state index contributed by atoms with van der Waals surface area (Å²) in [5, 5.41) is 23.0. The van der Waals surface area contributed by atoms with E-state index in [0.717, 1.165) is 5.56 Å². The lowest BCUT2D eigenvalue weighted by molar-refractivity contribution is -0.139. The number of aliphatic hydroxyl groups is 1. The molecule has 0 aliphatic heterocycles. The van der Waals surface area contributed by atoms with Crippen LogP contribution in [0, 0.1) is 0 Å². The topological polar surface area (TPSA) is 98.7 Å². The van der Waals surface area contributed by atoms with Gasteiger partial charge in [-0.25, -0.2) is 9.59 Å². The third-order valence-corrected chi connectivity index (χ3v) is 2.89. The molecule has 1 atom stereocenters. The molecule has 20 heavy (non-hydrogen) atoms. The van der Waals surface area contributed by atoms with Crippen molar-refractivity contribution in [3.05, 3.63) is 34.9 Å². The third-order valence-electron chi connectivity index (χ3n) is 2.63. The van der Waals surface area contributed by atoms with Gasteiger partial charge < -0.3 is 20.8 Å². The molecule has 6 nitrogen and oxygen atoms in total. The number of carbonyl (C=O) groups is 2. The van der Waals surface area contributed by atoms with Gasteiger partial charge in [0.05, 0.1) is 0 Å². The molecule has 0 radical (unpaired) electrons. The Balaban J connectivity index is 2.32. The molecule has 0 bridgehead atoms. The number of halogens is 1. The predicted octanol–water partition coefficient (Wildman–Crippen LogP) is 1.02. The van der Waals surface area contributed by atoms with Crippen molar-refractivity contribution >= 4 is 23.6 Å². The first kappa shape index (κ1) is 16.3. The monoisotopic (exact) mass is 300 g/mol. The largest absolute Gasteiger partial charge is 0.480 e. The Bertz CT molecular complexity index is 450. The van der Waals surface area contributed by atoms with Crippen molar-refractivity contribution in [2.75, 3.05) is 13.2 Å². The fourth-order valence-electron chi connectivity index (χ4n) is 1.57. The van der Waals surface area contributed by atoms with Gasteiger partial charge in [0.1, 0.15) is 6.04 Å². The molecule has 0 aliphatic carbocycles. The van der Waals surface area contributed by atoms with Crippen LogP contribution < -0.4 is 10.6 Å². The summed E-state index contributed by atoms with van der Waals surface area (Å²) >= 11 is 5.76. The van der Waals surface area contributed by atoms with Crippen LogP contribution in [0.25, 0.3) is 0 Å². The van der Waals surface area contributed by atoms with Crippen LogP contribution in [0.4, 0.5) is 4.79 Å². The smallest absolute Gasteiger partial charge is 0.326 e. The second-order valence-electron chi connectivity index (χ2n) is 4.18. The minimum Gasteiger partial charge on any atom is -0.480 e. The molecule has 1 aromatic carbocycles. The standard InChI is InChI=1S/C13H17ClN2O4/c14-10-3-1-9(2-4-10)5-7-15-13(20)16-11(6-8-17)12(18)19/h1-4,11,17H,5-8H2,(H,18,19)(H2,15,16,20). The maximum Gasteiger partial charge on any atom is 0.326 e. The molecule has 4 N–H and O–H groups in total. The number of benzene rings is 1. The minimum absolute atomic E-state index is 0.0278. The quantitative estimate of drug-likeness (QED) is 0.604. The lowest BCUT2D eigenvalue weighted by Gasteiger charge is -2.14. The van der Waals surface area contributed by atoms with E-state index < -0.39 is 18.0 Å². The molecule has 110 valence electrons. The van der Waals surface area contributed by atoms with E-state index in [1.165, 1.54) is 0 Å². The Kier molecular flexibility index (Phi) is 6.83. The van der Waals surface area contributed by atoms with Gasteiger partial charge in [0.2, 0.25) is 0 Å². The first-order chi connectivity index (χ1) is 9.52. The summed E-state index contributed by atoms with van der Waals surface area (Å²) in [6, 6.07) is 5.58. The molecule has 0 saturated carbocycles. The maximum atomic E-state index is 11.5. The van der Waals surface area contributed by atoms with Crippen molar-refractivity contribution in [1.29, 1.82) is 0 Å². The fourth-order valence-corrected chi connectivity index (χ4v) is 1.69. The van der Waals surface area contributed by atoms with E-state index >= 15 is 0 Å². The Morgan fingerprint density at radius 1 is 1.25 bits per heavy atom. The van der Waals surface area contributed by atoms with Crippen molar-refractivity contribution < 1.29 is 19.8 Å². The summed E-state index contributed by atoms with van der Waals surface area (Å²) in [5.74, 6) is -1.17. The highest BCUT2D eigenvalue weighted by molar-refractivity contribution is 6.30. The van der Waals surface area contributed by atoms with E-state index in [1.54, 1.807) is 12.1 Å².